The van der Waals surface area contributed by atoms with Crippen LogP contribution < -0.4 is 0 Å². The van der Waals surface area contributed by atoms with Crippen molar-refractivity contribution >= 4 is 8.32 Å². The Hall–Kier alpha value is -0.343. The van der Waals surface area contributed by atoms with Crippen LogP contribution in [0.1, 0.15) is 60.8 Å². The summed E-state index contributed by atoms with van der Waals surface area (Å²) in [7, 11) is -1.60. The zero-order chi connectivity index (χ0) is 15.8. The van der Waals surface area contributed by atoms with Crippen LogP contribution in [0.15, 0.2) is 23.8 Å². The van der Waals surface area contributed by atoms with E-state index in [1.54, 1.807) is 0 Å². The molecular formula is C18H36OSi. The third-order valence-corrected chi connectivity index (χ3v) is 8.67. The quantitative estimate of drug-likeness (QED) is 0.288. The van der Waals surface area contributed by atoms with Crippen molar-refractivity contribution in [1.29, 1.82) is 0 Å². The second-order valence-electron chi connectivity index (χ2n) is 7.50. The van der Waals surface area contributed by atoms with Crippen LogP contribution in [0.5, 0.6) is 0 Å². The first-order chi connectivity index (χ1) is 9.10. The van der Waals surface area contributed by atoms with Crippen molar-refractivity contribution in [2.24, 2.45) is 5.92 Å². The van der Waals surface area contributed by atoms with Crippen LogP contribution >= 0.6 is 0 Å². The monoisotopic (exact) mass is 296 g/mol. The molecule has 0 aliphatic carbocycles. The number of hydrogen-bond acceptors (Lipinski definition) is 1. The highest BCUT2D eigenvalue weighted by molar-refractivity contribution is 6.74. The molecule has 0 radical (unpaired) electrons. The molecule has 0 rings (SSSR count). The van der Waals surface area contributed by atoms with E-state index in [0.29, 0.717) is 11.0 Å². The molecule has 1 nitrogen and oxygen atoms in total. The second kappa shape index (κ2) is 8.84. The van der Waals surface area contributed by atoms with E-state index >= 15 is 0 Å². The van der Waals surface area contributed by atoms with Crippen LogP contribution in [0.3, 0.4) is 0 Å². The van der Waals surface area contributed by atoms with Gasteiger partial charge in [-0.2, -0.15) is 0 Å². The summed E-state index contributed by atoms with van der Waals surface area (Å²) in [5, 5.41) is 0.297. The standard InChI is InChI=1S/C18H36OSi/c1-9-10-11-12-13-16(2)14-17(3)15-19-20(7,8)18(4,5)6/h12-14,17H,9-11,15H2,1-8H3/b13-12-,16-14+/t17-/m1/s1. The van der Waals surface area contributed by atoms with Crippen LogP contribution in [0.4, 0.5) is 0 Å². The van der Waals surface area contributed by atoms with Crippen molar-refractivity contribution in [3.63, 3.8) is 0 Å². The smallest absolute Gasteiger partial charge is 0.192 e. The minimum absolute atomic E-state index is 0.297. The first-order valence-corrected chi connectivity index (χ1v) is 11.0. The fourth-order valence-corrected chi connectivity index (χ4v) is 2.81. The fraction of sp³-hybridized carbons (Fsp3) is 0.778. The third-order valence-electron chi connectivity index (χ3n) is 4.17. The van der Waals surface area contributed by atoms with E-state index in [4.69, 9.17) is 4.43 Å². The Balaban J connectivity index is 4.28. The van der Waals surface area contributed by atoms with Crippen molar-refractivity contribution in [3.05, 3.63) is 23.8 Å². The highest BCUT2D eigenvalue weighted by Gasteiger charge is 2.37. The topological polar surface area (TPSA) is 9.23 Å². The molecule has 0 saturated carbocycles. The molecule has 1 atom stereocenters. The van der Waals surface area contributed by atoms with E-state index in [0.717, 1.165) is 6.61 Å². The summed E-state index contributed by atoms with van der Waals surface area (Å²) in [6.45, 7) is 19.0. The Morgan fingerprint density at radius 1 is 1.25 bits per heavy atom. The number of unbranched alkanes of at least 4 members (excludes halogenated alkanes) is 2. The Morgan fingerprint density at radius 3 is 2.35 bits per heavy atom. The maximum Gasteiger partial charge on any atom is 0.192 e. The lowest BCUT2D eigenvalue weighted by molar-refractivity contribution is 0.259. The molecule has 0 N–H and O–H groups in total. The van der Waals surface area contributed by atoms with E-state index in [-0.39, 0.29) is 0 Å². The van der Waals surface area contributed by atoms with Gasteiger partial charge in [-0.15, -0.1) is 0 Å². The average Bonchev–Trinajstić information content (AvgIpc) is 2.31. The maximum atomic E-state index is 6.27. The van der Waals surface area contributed by atoms with Crippen molar-refractivity contribution < 1.29 is 4.43 Å². The molecule has 2 heteroatoms. The molecule has 0 bridgehead atoms. The molecular weight excluding hydrogens is 260 g/mol. The number of allylic oxidation sites excluding steroid dienone is 3. The Labute approximate surface area is 128 Å². The van der Waals surface area contributed by atoms with Gasteiger partial charge >= 0.3 is 0 Å². The lowest BCUT2D eigenvalue weighted by Crippen LogP contribution is -2.41. The zero-order valence-electron chi connectivity index (χ0n) is 15.0. The lowest BCUT2D eigenvalue weighted by atomic mass is 10.1. The van der Waals surface area contributed by atoms with Crippen molar-refractivity contribution in [2.45, 2.75) is 78.9 Å². The SMILES string of the molecule is CCCC/C=C\C(C)=C\[C@@H](C)CO[Si](C)(C)C(C)(C)C. The largest absolute Gasteiger partial charge is 0.416 e. The van der Waals surface area contributed by atoms with Gasteiger partial charge in [0.15, 0.2) is 8.32 Å². The van der Waals surface area contributed by atoms with E-state index in [9.17, 15) is 0 Å². The molecule has 0 amide bonds. The van der Waals surface area contributed by atoms with Gasteiger partial charge in [0.25, 0.3) is 0 Å². The molecule has 0 aliphatic heterocycles. The molecule has 0 aromatic carbocycles. The molecule has 20 heavy (non-hydrogen) atoms. The van der Waals surface area contributed by atoms with Gasteiger partial charge in [-0.25, -0.2) is 0 Å². The summed E-state index contributed by atoms with van der Waals surface area (Å²) < 4.78 is 6.27. The minimum Gasteiger partial charge on any atom is -0.416 e. The minimum atomic E-state index is -1.60. The van der Waals surface area contributed by atoms with Crippen LogP contribution in [0.2, 0.25) is 18.1 Å². The molecule has 118 valence electrons. The first kappa shape index (κ1) is 19.7. The van der Waals surface area contributed by atoms with Gasteiger partial charge in [-0.05, 0) is 37.4 Å². The summed E-state index contributed by atoms with van der Waals surface area (Å²) in [4.78, 5) is 0. The normalized spacial score (nSPS) is 15.9. The predicted molar refractivity (Wildman–Crippen MR) is 94.7 cm³/mol. The highest BCUT2D eigenvalue weighted by atomic mass is 28.4. The molecule has 0 aromatic heterocycles. The Kier molecular flexibility index (Phi) is 8.68. The highest BCUT2D eigenvalue weighted by Crippen LogP contribution is 2.36. The molecule has 0 aliphatic rings. The molecule has 0 spiro atoms. The number of rotatable bonds is 8. The van der Waals surface area contributed by atoms with Crippen molar-refractivity contribution in [2.75, 3.05) is 6.61 Å². The zero-order valence-corrected chi connectivity index (χ0v) is 16.0. The van der Waals surface area contributed by atoms with Crippen LogP contribution in [-0.2, 0) is 4.43 Å². The predicted octanol–water partition coefficient (Wildman–Crippen LogP) is 6.34. The van der Waals surface area contributed by atoms with Crippen molar-refractivity contribution in [3.8, 4) is 0 Å². The summed E-state index contributed by atoms with van der Waals surface area (Å²) >= 11 is 0. The Bertz CT molecular complexity index is 321. The molecule has 0 unspecified atom stereocenters. The average molecular weight is 297 g/mol. The van der Waals surface area contributed by atoms with Gasteiger partial charge < -0.3 is 4.43 Å². The van der Waals surface area contributed by atoms with Crippen LogP contribution in [0.25, 0.3) is 0 Å². The summed E-state index contributed by atoms with van der Waals surface area (Å²) in [6.07, 6.45) is 10.6. The Morgan fingerprint density at radius 2 is 1.85 bits per heavy atom. The van der Waals surface area contributed by atoms with Gasteiger partial charge in [0.05, 0.1) is 0 Å². The summed E-state index contributed by atoms with van der Waals surface area (Å²) in [5.74, 6) is 0.486. The summed E-state index contributed by atoms with van der Waals surface area (Å²) in [5.41, 5.74) is 1.35. The van der Waals surface area contributed by atoms with E-state index in [1.807, 2.05) is 0 Å². The lowest BCUT2D eigenvalue weighted by Gasteiger charge is -2.36. The molecule has 0 aromatic rings. The molecule has 0 saturated heterocycles. The maximum absolute atomic E-state index is 6.27. The molecule has 0 fully saturated rings. The van der Waals surface area contributed by atoms with Gasteiger partial charge in [-0.3, -0.25) is 0 Å². The van der Waals surface area contributed by atoms with Crippen LogP contribution in [0, 0.1) is 5.92 Å². The first-order valence-electron chi connectivity index (χ1n) is 8.09. The van der Waals surface area contributed by atoms with E-state index < -0.39 is 8.32 Å². The van der Waals surface area contributed by atoms with Gasteiger partial charge in [0.2, 0.25) is 0 Å². The van der Waals surface area contributed by atoms with Gasteiger partial charge in [0, 0.05) is 6.61 Å². The third kappa shape index (κ3) is 8.06. The molecule has 0 heterocycles. The second-order valence-corrected chi connectivity index (χ2v) is 12.3. The van der Waals surface area contributed by atoms with E-state index in [2.05, 4.69) is 72.9 Å². The van der Waals surface area contributed by atoms with Gasteiger partial charge in [-0.1, -0.05) is 71.3 Å². The number of hydrogen-bond donors (Lipinski definition) is 0. The van der Waals surface area contributed by atoms with Gasteiger partial charge in [0.1, 0.15) is 0 Å². The summed E-state index contributed by atoms with van der Waals surface area (Å²) in [6, 6.07) is 0. The van der Waals surface area contributed by atoms with Crippen LogP contribution in [-0.4, -0.2) is 14.9 Å². The van der Waals surface area contributed by atoms with E-state index in [1.165, 1.54) is 24.8 Å². The van der Waals surface area contributed by atoms with Crippen molar-refractivity contribution in [1.82, 2.24) is 0 Å². The fourth-order valence-electron chi connectivity index (χ4n) is 1.70.